The second kappa shape index (κ2) is 6.05. The fourth-order valence-electron chi connectivity index (χ4n) is 2.09. The smallest absolute Gasteiger partial charge is 0.338 e. The van der Waals surface area contributed by atoms with Gasteiger partial charge in [0.05, 0.1) is 21.0 Å². The van der Waals surface area contributed by atoms with Crippen molar-refractivity contribution in [3.8, 4) is 0 Å². The van der Waals surface area contributed by atoms with Crippen LogP contribution in [0.4, 0.5) is 0 Å². The van der Waals surface area contributed by atoms with Gasteiger partial charge in [0.2, 0.25) is 9.84 Å². The topological polar surface area (TPSA) is 84.3 Å². The minimum atomic E-state index is -3.88. The van der Waals surface area contributed by atoms with E-state index in [-0.39, 0.29) is 15.4 Å². The fraction of sp³-hybridized carbons (Fsp3) is 0.200. The first kappa shape index (κ1) is 15.2. The second-order valence-electron chi connectivity index (χ2n) is 4.50. The molecule has 0 saturated heterocycles. The van der Waals surface area contributed by atoms with Crippen LogP contribution < -0.4 is 0 Å². The highest BCUT2D eigenvalue weighted by atomic mass is 32.2. The third-order valence-electron chi connectivity index (χ3n) is 3.03. The zero-order chi connectivity index (χ0) is 15.5. The van der Waals surface area contributed by atoms with Crippen LogP contribution in [0, 0.1) is 0 Å². The Morgan fingerprint density at radius 1 is 1.19 bits per heavy atom. The third kappa shape index (κ3) is 2.95. The van der Waals surface area contributed by atoms with Crippen molar-refractivity contribution in [2.45, 2.75) is 29.6 Å². The zero-order valence-corrected chi connectivity index (χ0v) is 12.3. The summed E-state index contributed by atoms with van der Waals surface area (Å²) in [6, 6.07) is 9.03. The zero-order valence-electron chi connectivity index (χ0n) is 11.5. The molecule has 6 heteroatoms. The number of hydrogen-bond donors (Lipinski definition) is 1. The molecule has 0 amide bonds. The van der Waals surface area contributed by atoms with E-state index in [1.165, 1.54) is 24.4 Å². The van der Waals surface area contributed by atoms with E-state index in [1.54, 1.807) is 18.2 Å². The average molecular weight is 305 g/mol. The van der Waals surface area contributed by atoms with Gasteiger partial charge < -0.3 is 5.11 Å². The summed E-state index contributed by atoms with van der Waals surface area (Å²) in [4.78, 5) is 15.4. The van der Waals surface area contributed by atoms with Crippen molar-refractivity contribution in [2.24, 2.45) is 0 Å². The monoisotopic (exact) mass is 305 g/mol. The first-order valence-electron chi connectivity index (χ1n) is 6.49. The van der Waals surface area contributed by atoms with Gasteiger partial charge in [-0.1, -0.05) is 31.5 Å². The van der Waals surface area contributed by atoms with Crippen molar-refractivity contribution in [1.29, 1.82) is 0 Å². The second-order valence-corrected chi connectivity index (χ2v) is 6.42. The minimum Gasteiger partial charge on any atom is -0.478 e. The van der Waals surface area contributed by atoms with Crippen molar-refractivity contribution in [3.05, 3.63) is 53.9 Å². The van der Waals surface area contributed by atoms with Crippen molar-refractivity contribution in [2.75, 3.05) is 0 Å². The molecule has 0 radical (unpaired) electrons. The number of rotatable bonds is 5. The molecule has 1 heterocycles. The number of carboxylic acid groups (broad SMARTS) is 1. The van der Waals surface area contributed by atoms with Gasteiger partial charge in [-0.3, -0.25) is 4.98 Å². The Morgan fingerprint density at radius 3 is 2.43 bits per heavy atom. The van der Waals surface area contributed by atoms with Gasteiger partial charge in [-0.05, 0) is 24.6 Å². The number of carbonyl (C=O) groups is 1. The fourth-order valence-corrected chi connectivity index (χ4v) is 3.57. The lowest BCUT2D eigenvalue weighted by atomic mass is 10.1. The Morgan fingerprint density at radius 2 is 1.86 bits per heavy atom. The standard InChI is InChI=1S/C15H15NO4S/c1-2-6-12-14(15(17)18)13(9-10-16-12)21(19,20)11-7-4-3-5-8-11/h3-5,7-10H,2,6H2,1H3,(H,17,18). The van der Waals surface area contributed by atoms with Gasteiger partial charge in [-0.2, -0.15) is 0 Å². The molecule has 1 N–H and O–H groups in total. The molecular formula is C15H15NO4S. The van der Waals surface area contributed by atoms with E-state index in [9.17, 15) is 18.3 Å². The molecule has 0 saturated carbocycles. The quantitative estimate of drug-likeness (QED) is 0.917. The molecule has 1 aromatic heterocycles. The molecule has 1 aromatic carbocycles. The third-order valence-corrected chi connectivity index (χ3v) is 4.85. The van der Waals surface area contributed by atoms with Gasteiger partial charge in [0.1, 0.15) is 0 Å². The number of nitrogens with zero attached hydrogens (tertiary/aromatic N) is 1. The number of hydrogen-bond acceptors (Lipinski definition) is 4. The van der Waals surface area contributed by atoms with E-state index in [0.717, 1.165) is 0 Å². The highest BCUT2D eigenvalue weighted by Gasteiger charge is 2.27. The van der Waals surface area contributed by atoms with E-state index < -0.39 is 15.8 Å². The molecule has 0 fully saturated rings. The molecule has 0 spiro atoms. The maximum absolute atomic E-state index is 12.6. The first-order valence-corrected chi connectivity index (χ1v) is 7.98. The summed E-state index contributed by atoms with van der Waals surface area (Å²) in [6.45, 7) is 1.88. The van der Waals surface area contributed by atoms with Crippen LogP contribution in [0.3, 0.4) is 0 Å². The van der Waals surface area contributed by atoms with Crippen molar-refractivity contribution in [3.63, 3.8) is 0 Å². The van der Waals surface area contributed by atoms with Crippen molar-refractivity contribution >= 4 is 15.8 Å². The summed E-state index contributed by atoms with van der Waals surface area (Å²) in [5.74, 6) is -1.28. The molecule has 0 atom stereocenters. The number of sulfone groups is 1. The van der Waals surface area contributed by atoms with E-state index in [4.69, 9.17) is 0 Å². The summed E-state index contributed by atoms with van der Waals surface area (Å²) >= 11 is 0. The van der Waals surface area contributed by atoms with E-state index in [0.29, 0.717) is 18.5 Å². The average Bonchev–Trinajstić information content (AvgIpc) is 2.48. The Labute approximate surface area is 123 Å². The summed E-state index contributed by atoms with van der Waals surface area (Å²) in [7, 11) is -3.88. The molecular weight excluding hydrogens is 290 g/mol. The molecule has 5 nitrogen and oxygen atoms in total. The predicted octanol–water partition coefficient (Wildman–Crippen LogP) is 2.57. The van der Waals surface area contributed by atoms with Crippen LogP contribution in [0.25, 0.3) is 0 Å². The maximum Gasteiger partial charge on any atom is 0.338 e. The van der Waals surface area contributed by atoms with Crippen LogP contribution >= 0.6 is 0 Å². The number of aryl methyl sites for hydroxylation is 1. The highest BCUT2D eigenvalue weighted by Crippen LogP contribution is 2.26. The Hall–Kier alpha value is -2.21. The Kier molecular flexibility index (Phi) is 4.37. The van der Waals surface area contributed by atoms with Gasteiger partial charge in [-0.25, -0.2) is 13.2 Å². The first-order chi connectivity index (χ1) is 9.98. The SMILES string of the molecule is CCCc1nccc(S(=O)(=O)c2ccccc2)c1C(=O)O. The summed E-state index contributed by atoms with van der Waals surface area (Å²) in [5.41, 5.74) is 0.0604. The number of carboxylic acids is 1. The van der Waals surface area contributed by atoms with Crippen LogP contribution in [0.1, 0.15) is 29.4 Å². The Bertz CT molecular complexity index is 754. The van der Waals surface area contributed by atoms with E-state index in [1.807, 2.05) is 6.92 Å². The van der Waals surface area contributed by atoms with Crippen molar-refractivity contribution in [1.82, 2.24) is 4.98 Å². The lowest BCUT2D eigenvalue weighted by Crippen LogP contribution is -2.13. The lowest BCUT2D eigenvalue weighted by Gasteiger charge is -2.11. The van der Waals surface area contributed by atoms with Gasteiger partial charge >= 0.3 is 5.97 Å². The van der Waals surface area contributed by atoms with Crippen LogP contribution in [0.2, 0.25) is 0 Å². The lowest BCUT2D eigenvalue weighted by molar-refractivity contribution is 0.0690. The maximum atomic E-state index is 12.6. The molecule has 0 unspecified atom stereocenters. The van der Waals surface area contributed by atoms with Crippen molar-refractivity contribution < 1.29 is 18.3 Å². The Balaban J connectivity index is 2.69. The van der Waals surface area contributed by atoms with E-state index >= 15 is 0 Å². The van der Waals surface area contributed by atoms with Crippen LogP contribution in [-0.4, -0.2) is 24.5 Å². The summed E-state index contributed by atoms with van der Waals surface area (Å²) in [6.07, 6.45) is 2.44. The highest BCUT2D eigenvalue weighted by molar-refractivity contribution is 7.91. The van der Waals surface area contributed by atoms with Gasteiger partial charge in [0.25, 0.3) is 0 Å². The molecule has 0 aliphatic rings. The van der Waals surface area contributed by atoms with Crippen LogP contribution in [-0.2, 0) is 16.3 Å². The largest absolute Gasteiger partial charge is 0.478 e. The van der Waals surface area contributed by atoms with Gasteiger partial charge in [0.15, 0.2) is 0 Å². The molecule has 110 valence electrons. The molecule has 0 aliphatic heterocycles. The normalized spacial score (nSPS) is 11.3. The molecule has 0 bridgehead atoms. The van der Waals surface area contributed by atoms with E-state index in [2.05, 4.69) is 4.98 Å². The van der Waals surface area contributed by atoms with Crippen LogP contribution in [0.15, 0.2) is 52.4 Å². The van der Waals surface area contributed by atoms with Gasteiger partial charge in [-0.15, -0.1) is 0 Å². The molecule has 0 aliphatic carbocycles. The minimum absolute atomic E-state index is 0.0705. The molecule has 21 heavy (non-hydrogen) atoms. The number of aromatic nitrogens is 1. The summed E-state index contributed by atoms with van der Waals surface area (Å²) < 4.78 is 25.2. The number of pyridine rings is 1. The summed E-state index contributed by atoms with van der Waals surface area (Å²) in [5, 5.41) is 9.38. The number of aromatic carboxylic acids is 1. The molecule has 2 rings (SSSR count). The predicted molar refractivity (Wildman–Crippen MR) is 77.1 cm³/mol. The van der Waals surface area contributed by atoms with Crippen LogP contribution in [0.5, 0.6) is 0 Å². The number of benzene rings is 1. The van der Waals surface area contributed by atoms with Gasteiger partial charge in [0, 0.05) is 6.20 Å². The molecule has 2 aromatic rings.